The Bertz CT molecular complexity index is 393. The first-order valence-corrected chi connectivity index (χ1v) is 6.82. The Kier molecular flexibility index (Phi) is 5.89. The quantitative estimate of drug-likeness (QED) is 0.821. The third-order valence-corrected chi connectivity index (χ3v) is 3.79. The highest BCUT2D eigenvalue weighted by molar-refractivity contribution is 7.20. The van der Waals surface area contributed by atoms with Gasteiger partial charge in [-0.3, -0.25) is 9.69 Å². The second-order valence-electron chi connectivity index (χ2n) is 4.04. The number of thiophene rings is 1. The van der Waals surface area contributed by atoms with Gasteiger partial charge in [-0.25, -0.2) is 0 Å². The van der Waals surface area contributed by atoms with E-state index >= 15 is 0 Å². The fourth-order valence-corrected chi connectivity index (χ4v) is 2.85. The van der Waals surface area contributed by atoms with E-state index in [4.69, 9.17) is 28.3 Å². The summed E-state index contributed by atoms with van der Waals surface area (Å²) in [6.45, 7) is 2.67. The minimum atomic E-state index is -0.355. The standard InChI is InChI=1S/C11H15Cl2NO2S/c1-7(15)3-4-14(2)6-9(16)8-5-10(12)17-11(8)13/h5,7,15H,3-4,6H2,1-2H3. The third kappa shape index (κ3) is 4.94. The van der Waals surface area contributed by atoms with E-state index in [1.54, 1.807) is 13.0 Å². The molecule has 0 fully saturated rings. The lowest BCUT2D eigenvalue weighted by molar-refractivity contribution is 0.0932. The molecular weight excluding hydrogens is 281 g/mol. The van der Waals surface area contributed by atoms with Crippen molar-refractivity contribution >= 4 is 40.3 Å². The Morgan fingerprint density at radius 1 is 1.59 bits per heavy atom. The highest BCUT2D eigenvalue weighted by atomic mass is 35.5. The number of hydrogen-bond donors (Lipinski definition) is 1. The number of rotatable bonds is 6. The van der Waals surface area contributed by atoms with Crippen LogP contribution in [0.3, 0.4) is 0 Å². The van der Waals surface area contributed by atoms with Crippen LogP contribution in [0.2, 0.25) is 8.67 Å². The molecule has 17 heavy (non-hydrogen) atoms. The summed E-state index contributed by atoms with van der Waals surface area (Å²) in [6, 6.07) is 1.60. The second-order valence-corrected chi connectivity index (χ2v) is 6.32. The molecule has 0 saturated heterocycles. The number of aliphatic hydroxyl groups is 1. The van der Waals surface area contributed by atoms with Crippen molar-refractivity contribution in [3.8, 4) is 0 Å². The van der Waals surface area contributed by atoms with Gasteiger partial charge in [-0.05, 0) is 26.5 Å². The maximum atomic E-state index is 11.9. The van der Waals surface area contributed by atoms with Crippen molar-refractivity contribution in [1.82, 2.24) is 4.90 Å². The summed E-state index contributed by atoms with van der Waals surface area (Å²) >= 11 is 12.9. The van der Waals surface area contributed by atoms with Crippen molar-refractivity contribution in [1.29, 1.82) is 0 Å². The molecule has 3 nitrogen and oxygen atoms in total. The van der Waals surface area contributed by atoms with Gasteiger partial charge < -0.3 is 5.11 Å². The molecule has 1 N–H and O–H groups in total. The van der Waals surface area contributed by atoms with Crippen molar-refractivity contribution in [2.45, 2.75) is 19.4 Å². The number of Topliss-reactive ketones (excluding diaryl/α,β-unsaturated/α-hetero) is 1. The Morgan fingerprint density at radius 3 is 2.71 bits per heavy atom. The zero-order valence-electron chi connectivity index (χ0n) is 9.74. The minimum Gasteiger partial charge on any atom is -0.393 e. The van der Waals surface area contributed by atoms with Gasteiger partial charge in [-0.15, -0.1) is 11.3 Å². The number of nitrogens with zero attached hydrogens (tertiary/aromatic N) is 1. The van der Waals surface area contributed by atoms with Gasteiger partial charge in [0.15, 0.2) is 5.78 Å². The van der Waals surface area contributed by atoms with Gasteiger partial charge in [0.1, 0.15) is 4.34 Å². The maximum absolute atomic E-state index is 11.9. The maximum Gasteiger partial charge on any atom is 0.179 e. The average molecular weight is 296 g/mol. The molecule has 0 radical (unpaired) electrons. The van der Waals surface area contributed by atoms with Crippen molar-refractivity contribution in [3.63, 3.8) is 0 Å². The molecule has 0 spiro atoms. The van der Waals surface area contributed by atoms with Gasteiger partial charge >= 0.3 is 0 Å². The highest BCUT2D eigenvalue weighted by Gasteiger charge is 2.16. The van der Waals surface area contributed by atoms with E-state index < -0.39 is 0 Å². The van der Waals surface area contributed by atoms with Gasteiger partial charge in [0.2, 0.25) is 0 Å². The number of carbonyl (C=O) groups excluding carboxylic acids is 1. The summed E-state index contributed by atoms with van der Waals surface area (Å²) in [4.78, 5) is 13.8. The van der Waals surface area contributed by atoms with Crippen LogP contribution in [0, 0.1) is 0 Å². The predicted octanol–water partition coefficient (Wildman–Crippen LogP) is 2.94. The van der Waals surface area contributed by atoms with E-state index in [1.165, 1.54) is 11.3 Å². The Balaban J connectivity index is 2.51. The lowest BCUT2D eigenvalue weighted by Crippen LogP contribution is -2.28. The van der Waals surface area contributed by atoms with Crippen molar-refractivity contribution in [2.75, 3.05) is 20.1 Å². The van der Waals surface area contributed by atoms with Crippen LogP contribution < -0.4 is 0 Å². The first-order valence-electron chi connectivity index (χ1n) is 5.24. The van der Waals surface area contributed by atoms with E-state index in [2.05, 4.69) is 0 Å². The lowest BCUT2D eigenvalue weighted by atomic mass is 10.2. The number of likely N-dealkylation sites (N-methyl/N-ethyl adjacent to an activating group) is 1. The van der Waals surface area contributed by atoms with E-state index in [-0.39, 0.29) is 18.4 Å². The van der Waals surface area contributed by atoms with Crippen LogP contribution in [-0.2, 0) is 0 Å². The van der Waals surface area contributed by atoms with Crippen LogP contribution in [0.4, 0.5) is 0 Å². The summed E-state index contributed by atoms with van der Waals surface area (Å²) in [6.07, 6.45) is 0.286. The molecule has 0 aliphatic rings. The summed E-state index contributed by atoms with van der Waals surface area (Å²) in [5, 5.41) is 9.15. The molecule has 0 bridgehead atoms. The number of aliphatic hydroxyl groups excluding tert-OH is 1. The van der Waals surface area contributed by atoms with Crippen LogP contribution >= 0.6 is 34.5 Å². The molecule has 6 heteroatoms. The Labute approximate surface area is 115 Å². The van der Waals surface area contributed by atoms with Crippen LogP contribution in [0.1, 0.15) is 23.7 Å². The molecule has 0 aliphatic heterocycles. The molecule has 0 aromatic carbocycles. The van der Waals surface area contributed by atoms with Gasteiger partial charge in [-0.2, -0.15) is 0 Å². The molecule has 1 aromatic heterocycles. The number of carbonyl (C=O) groups is 1. The fourth-order valence-electron chi connectivity index (χ4n) is 1.35. The summed E-state index contributed by atoms with van der Waals surface area (Å²) in [7, 11) is 1.84. The fraction of sp³-hybridized carbons (Fsp3) is 0.545. The molecule has 1 aromatic rings. The average Bonchev–Trinajstić information content (AvgIpc) is 2.55. The third-order valence-electron chi connectivity index (χ3n) is 2.30. The SMILES string of the molecule is CC(O)CCN(C)CC(=O)c1cc(Cl)sc1Cl. The zero-order chi connectivity index (χ0) is 13.0. The highest BCUT2D eigenvalue weighted by Crippen LogP contribution is 2.31. The number of halogens is 2. The van der Waals surface area contributed by atoms with Crippen molar-refractivity contribution in [3.05, 3.63) is 20.3 Å². The molecule has 1 heterocycles. The van der Waals surface area contributed by atoms with Gasteiger partial charge in [-0.1, -0.05) is 23.2 Å². The molecular formula is C11H15Cl2NO2S. The molecule has 96 valence electrons. The molecule has 1 unspecified atom stereocenters. The smallest absolute Gasteiger partial charge is 0.179 e. The van der Waals surface area contributed by atoms with Gasteiger partial charge in [0.05, 0.1) is 22.5 Å². The Hall–Kier alpha value is -0.130. The second kappa shape index (κ2) is 6.71. The van der Waals surface area contributed by atoms with Crippen molar-refractivity contribution in [2.24, 2.45) is 0 Å². The van der Waals surface area contributed by atoms with Gasteiger partial charge in [0.25, 0.3) is 0 Å². The predicted molar refractivity (Wildman–Crippen MR) is 72.5 cm³/mol. The first kappa shape index (κ1) is 14.9. The summed E-state index contributed by atoms with van der Waals surface area (Å²) in [5.41, 5.74) is 0.477. The summed E-state index contributed by atoms with van der Waals surface area (Å²) in [5.74, 6) is -0.0498. The molecule has 0 saturated carbocycles. The Morgan fingerprint density at radius 2 is 2.24 bits per heavy atom. The number of hydrogen-bond acceptors (Lipinski definition) is 4. The van der Waals surface area contributed by atoms with E-state index in [9.17, 15) is 4.79 Å². The van der Waals surface area contributed by atoms with E-state index in [0.717, 1.165) is 0 Å². The van der Waals surface area contributed by atoms with E-state index in [1.807, 2.05) is 11.9 Å². The van der Waals surface area contributed by atoms with Crippen LogP contribution in [0.25, 0.3) is 0 Å². The van der Waals surface area contributed by atoms with Gasteiger partial charge in [0, 0.05) is 6.54 Å². The first-order chi connectivity index (χ1) is 7.90. The molecule has 1 atom stereocenters. The molecule has 0 amide bonds. The van der Waals surface area contributed by atoms with E-state index in [0.29, 0.717) is 27.2 Å². The monoisotopic (exact) mass is 295 g/mol. The van der Waals surface area contributed by atoms with Crippen molar-refractivity contribution < 1.29 is 9.90 Å². The molecule has 0 aliphatic carbocycles. The summed E-state index contributed by atoms with van der Waals surface area (Å²) < 4.78 is 0.953. The normalized spacial score (nSPS) is 13.1. The van der Waals surface area contributed by atoms with Crippen LogP contribution in [-0.4, -0.2) is 42.0 Å². The van der Waals surface area contributed by atoms with Crippen LogP contribution in [0.5, 0.6) is 0 Å². The number of ketones is 1. The zero-order valence-corrected chi connectivity index (χ0v) is 12.1. The largest absolute Gasteiger partial charge is 0.393 e. The molecule has 1 rings (SSSR count). The van der Waals surface area contributed by atoms with Crippen LogP contribution in [0.15, 0.2) is 6.07 Å². The lowest BCUT2D eigenvalue weighted by Gasteiger charge is -2.16. The topological polar surface area (TPSA) is 40.5 Å². The minimum absolute atomic E-state index is 0.0498.